The monoisotopic (exact) mass is 422 g/mol. The van der Waals surface area contributed by atoms with E-state index in [0.717, 1.165) is 11.1 Å². The normalized spacial score (nSPS) is 11.4. The highest BCUT2D eigenvalue weighted by molar-refractivity contribution is 7.91. The molecule has 152 valence electrons. The Labute approximate surface area is 174 Å². The van der Waals surface area contributed by atoms with Gasteiger partial charge in [0.2, 0.25) is 26.6 Å². The molecular formula is C23H19FN2O3S. The summed E-state index contributed by atoms with van der Waals surface area (Å²) in [5, 5.41) is 2.78. The van der Waals surface area contributed by atoms with Crippen LogP contribution in [0.1, 0.15) is 11.1 Å². The Morgan fingerprint density at radius 1 is 0.833 bits per heavy atom. The van der Waals surface area contributed by atoms with Gasteiger partial charge in [-0.3, -0.25) is 0 Å². The molecule has 1 aromatic heterocycles. The number of anilines is 2. The molecule has 4 aromatic rings. The number of halogens is 1. The zero-order chi connectivity index (χ0) is 21.3. The highest BCUT2D eigenvalue weighted by Gasteiger charge is 2.28. The van der Waals surface area contributed by atoms with E-state index >= 15 is 0 Å². The fraction of sp³-hybridized carbons (Fsp3) is 0.0870. The number of oxazole rings is 1. The molecule has 0 radical (unpaired) electrons. The molecule has 5 nitrogen and oxygen atoms in total. The average molecular weight is 422 g/mol. The zero-order valence-electron chi connectivity index (χ0n) is 16.4. The lowest BCUT2D eigenvalue weighted by Crippen LogP contribution is -2.05. The molecule has 1 N–H and O–H groups in total. The lowest BCUT2D eigenvalue weighted by molar-refractivity contribution is 0.581. The topological polar surface area (TPSA) is 72.2 Å². The van der Waals surface area contributed by atoms with Gasteiger partial charge in [-0.05, 0) is 62.4 Å². The number of hydrogen-bond donors (Lipinski definition) is 1. The molecule has 0 aliphatic heterocycles. The molecule has 0 aliphatic carbocycles. The molecule has 0 atom stereocenters. The zero-order valence-corrected chi connectivity index (χ0v) is 17.2. The van der Waals surface area contributed by atoms with E-state index in [4.69, 9.17) is 4.42 Å². The van der Waals surface area contributed by atoms with Gasteiger partial charge in [0.1, 0.15) is 5.82 Å². The quantitative estimate of drug-likeness (QED) is 0.448. The van der Waals surface area contributed by atoms with Crippen LogP contribution in [0.4, 0.5) is 16.0 Å². The number of sulfone groups is 1. The number of benzene rings is 3. The summed E-state index contributed by atoms with van der Waals surface area (Å²) in [5.41, 5.74) is 3.13. The van der Waals surface area contributed by atoms with Gasteiger partial charge in [0.25, 0.3) is 0 Å². The second-order valence-corrected chi connectivity index (χ2v) is 8.83. The second kappa shape index (κ2) is 7.76. The maximum absolute atomic E-state index is 13.3. The molecule has 30 heavy (non-hydrogen) atoms. The summed E-state index contributed by atoms with van der Waals surface area (Å²) in [4.78, 5) is 4.36. The number of hydrogen-bond acceptors (Lipinski definition) is 5. The fourth-order valence-corrected chi connectivity index (χ4v) is 4.14. The Morgan fingerprint density at radius 2 is 1.40 bits per heavy atom. The summed E-state index contributed by atoms with van der Waals surface area (Å²) in [6.07, 6.45) is 0. The molecule has 0 saturated carbocycles. The maximum atomic E-state index is 13.3. The Hall–Kier alpha value is -3.45. The summed E-state index contributed by atoms with van der Waals surface area (Å²) < 4.78 is 45.6. The van der Waals surface area contributed by atoms with E-state index in [1.165, 1.54) is 36.4 Å². The number of rotatable bonds is 5. The van der Waals surface area contributed by atoms with Crippen molar-refractivity contribution in [3.05, 3.63) is 89.7 Å². The Bertz CT molecular complexity index is 1280. The van der Waals surface area contributed by atoms with Gasteiger partial charge >= 0.3 is 0 Å². The van der Waals surface area contributed by atoms with Crippen LogP contribution in [0, 0.1) is 19.7 Å². The van der Waals surface area contributed by atoms with E-state index in [1.807, 2.05) is 38.1 Å². The smallest absolute Gasteiger partial charge is 0.238 e. The summed E-state index contributed by atoms with van der Waals surface area (Å²) in [6, 6.07) is 19.4. The summed E-state index contributed by atoms with van der Waals surface area (Å²) in [6.45, 7) is 3.83. The first-order valence-corrected chi connectivity index (χ1v) is 10.7. The molecule has 7 heteroatoms. The first kappa shape index (κ1) is 19.8. The molecule has 0 unspecified atom stereocenters. The predicted octanol–water partition coefficient (Wildman–Crippen LogP) is 5.67. The molecule has 0 amide bonds. The van der Waals surface area contributed by atoms with Crippen LogP contribution in [0.15, 0.2) is 87.1 Å². The lowest BCUT2D eigenvalue weighted by atomic mass is 10.2. The second-order valence-electron chi connectivity index (χ2n) is 6.97. The van der Waals surface area contributed by atoms with Crippen LogP contribution in [0.5, 0.6) is 0 Å². The largest absolute Gasteiger partial charge is 0.419 e. The van der Waals surface area contributed by atoms with Gasteiger partial charge < -0.3 is 9.73 Å². The fourth-order valence-electron chi connectivity index (χ4n) is 2.88. The van der Waals surface area contributed by atoms with Gasteiger partial charge in [0.05, 0.1) is 4.90 Å². The van der Waals surface area contributed by atoms with E-state index < -0.39 is 15.7 Å². The first-order valence-electron chi connectivity index (χ1n) is 9.25. The summed E-state index contributed by atoms with van der Waals surface area (Å²) >= 11 is 0. The van der Waals surface area contributed by atoms with Gasteiger partial charge in [-0.15, -0.1) is 0 Å². The SMILES string of the molecule is Cc1ccc(Nc2oc(-c3ccc(F)cc3)nc2S(=O)(=O)c2ccc(C)cc2)cc1. The Kier molecular flexibility index (Phi) is 5.13. The van der Waals surface area contributed by atoms with E-state index in [9.17, 15) is 12.8 Å². The lowest BCUT2D eigenvalue weighted by Gasteiger charge is -2.07. The minimum absolute atomic E-state index is 0.00115. The van der Waals surface area contributed by atoms with Crippen LogP contribution in [-0.4, -0.2) is 13.4 Å². The van der Waals surface area contributed by atoms with Crippen molar-refractivity contribution in [1.29, 1.82) is 0 Å². The van der Waals surface area contributed by atoms with Crippen molar-refractivity contribution in [2.24, 2.45) is 0 Å². The molecule has 3 aromatic carbocycles. The van der Waals surface area contributed by atoms with Crippen LogP contribution in [-0.2, 0) is 9.84 Å². The average Bonchev–Trinajstić information content (AvgIpc) is 3.15. The number of aryl methyl sites for hydroxylation is 2. The molecular weight excluding hydrogens is 403 g/mol. The molecule has 0 fully saturated rings. The molecule has 1 heterocycles. The standard InChI is InChI=1S/C23H19FN2O3S/c1-15-3-11-19(12-4-15)25-22-23(30(27,28)20-13-5-16(2)6-14-20)26-21(29-22)17-7-9-18(24)10-8-17/h3-14,25H,1-2H3. The van der Waals surface area contributed by atoms with Crippen LogP contribution in [0.3, 0.4) is 0 Å². The van der Waals surface area contributed by atoms with Crippen molar-refractivity contribution >= 4 is 21.4 Å². The van der Waals surface area contributed by atoms with Gasteiger partial charge in [-0.1, -0.05) is 35.4 Å². The van der Waals surface area contributed by atoms with E-state index in [-0.39, 0.29) is 21.7 Å². The minimum Gasteiger partial charge on any atom is -0.419 e. The van der Waals surface area contributed by atoms with Crippen molar-refractivity contribution in [2.75, 3.05) is 5.32 Å². The third-order valence-electron chi connectivity index (χ3n) is 4.58. The molecule has 0 aliphatic rings. The van der Waals surface area contributed by atoms with Crippen molar-refractivity contribution < 1.29 is 17.2 Å². The van der Waals surface area contributed by atoms with Crippen LogP contribution >= 0.6 is 0 Å². The minimum atomic E-state index is -3.95. The van der Waals surface area contributed by atoms with Gasteiger partial charge in [-0.2, -0.15) is 4.98 Å². The highest BCUT2D eigenvalue weighted by Crippen LogP contribution is 2.34. The molecule has 4 rings (SSSR count). The third-order valence-corrected chi connectivity index (χ3v) is 6.26. The molecule has 0 bridgehead atoms. The van der Waals surface area contributed by atoms with E-state index in [1.54, 1.807) is 12.1 Å². The first-order chi connectivity index (χ1) is 14.3. The van der Waals surface area contributed by atoms with E-state index in [2.05, 4.69) is 10.3 Å². The number of nitrogens with zero attached hydrogens (tertiary/aromatic N) is 1. The van der Waals surface area contributed by atoms with Crippen molar-refractivity contribution in [3.8, 4) is 11.5 Å². The van der Waals surface area contributed by atoms with Gasteiger partial charge in [0, 0.05) is 11.3 Å². The third kappa shape index (κ3) is 3.97. The van der Waals surface area contributed by atoms with Gasteiger partial charge in [0.15, 0.2) is 0 Å². The van der Waals surface area contributed by atoms with Gasteiger partial charge in [-0.25, -0.2) is 12.8 Å². The number of nitrogens with one attached hydrogen (secondary N) is 1. The van der Waals surface area contributed by atoms with Crippen molar-refractivity contribution in [3.63, 3.8) is 0 Å². The summed E-state index contributed by atoms with van der Waals surface area (Å²) in [5.74, 6) is -0.329. The van der Waals surface area contributed by atoms with Crippen molar-refractivity contribution in [2.45, 2.75) is 23.8 Å². The van der Waals surface area contributed by atoms with Crippen LogP contribution in [0.25, 0.3) is 11.5 Å². The predicted molar refractivity (Wildman–Crippen MR) is 113 cm³/mol. The van der Waals surface area contributed by atoms with Crippen LogP contribution < -0.4 is 5.32 Å². The number of aromatic nitrogens is 1. The van der Waals surface area contributed by atoms with E-state index in [0.29, 0.717) is 11.3 Å². The molecule has 0 saturated heterocycles. The van der Waals surface area contributed by atoms with Crippen LogP contribution in [0.2, 0.25) is 0 Å². The Morgan fingerprint density at radius 3 is 2.00 bits per heavy atom. The maximum Gasteiger partial charge on any atom is 0.238 e. The molecule has 0 spiro atoms. The summed E-state index contributed by atoms with van der Waals surface area (Å²) in [7, 11) is -3.95. The van der Waals surface area contributed by atoms with Crippen molar-refractivity contribution in [1.82, 2.24) is 4.98 Å². The Balaban J connectivity index is 1.83. The highest BCUT2D eigenvalue weighted by atomic mass is 32.2.